The Morgan fingerprint density at radius 1 is 1.16 bits per heavy atom. The van der Waals surface area contributed by atoms with Crippen LogP contribution in [0, 0.1) is 17.1 Å². The Bertz CT molecular complexity index is 1060. The van der Waals surface area contributed by atoms with Crippen molar-refractivity contribution >= 4 is 28.7 Å². The van der Waals surface area contributed by atoms with E-state index in [2.05, 4.69) is 4.98 Å². The van der Waals surface area contributed by atoms with E-state index in [1.54, 1.807) is 0 Å². The highest BCUT2D eigenvalue weighted by Gasteiger charge is 2.17. The lowest BCUT2D eigenvalue weighted by Gasteiger charge is -2.00. The summed E-state index contributed by atoms with van der Waals surface area (Å²) in [4.78, 5) is 26.3. The van der Waals surface area contributed by atoms with Gasteiger partial charge in [0.05, 0.1) is 5.56 Å². The number of benzene rings is 2. The molecular formula is C19H11FN2O3. The van der Waals surface area contributed by atoms with Crippen LogP contribution in [0.5, 0.6) is 0 Å². The quantitative estimate of drug-likeness (QED) is 0.431. The van der Waals surface area contributed by atoms with E-state index in [-0.39, 0.29) is 16.7 Å². The fourth-order valence-electron chi connectivity index (χ4n) is 2.47. The summed E-state index contributed by atoms with van der Waals surface area (Å²) in [5.41, 5.74) is 1.27. The van der Waals surface area contributed by atoms with Gasteiger partial charge in [-0.2, -0.15) is 5.26 Å². The van der Waals surface area contributed by atoms with Crippen LogP contribution in [0.4, 0.5) is 4.39 Å². The van der Waals surface area contributed by atoms with Crippen molar-refractivity contribution in [1.82, 2.24) is 4.98 Å². The molecule has 1 aromatic heterocycles. The number of hydrogen-bond acceptors (Lipinski definition) is 3. The Labute approximate surface area is 141 Å². The molecule has 0 amide bonds. The molecule has 0 unspecified atom stereocenters. The van der Waals surface area contributed by atoms with E-state index in [4.69, 9.17) is 5.11 Å². The summed E-state index contributed by atoms with van der Waals surface area (Å²) in [5.74, 6) is -1.98. The molecule has 0 fully saturated rings. The molecular weight excluding hydrogens is 323 g/mol. The number of aromatic nitrogens is 1. The number of H-pyrrole nitrogens is 1. The Morgan fingerprint density at radius 3 is 2.52 bits per heavy atom. The smallest absolute Gasteiger partial charge is 0.335 e. The van der Waals surface area contributed by atoms with Crippen molar-refractivity contribution in [1.29, 1.82) is 5.26 Å². The third-order valence-corrected chi connectivity index (χ3v) is 3.72. The first-order valence-electron chi connectivity index (χ1n) is 7.26. The van der Waals surface area contributed by atoms with Crippen molar-refractivity contribution in [3.63, 3.8) is 0 Å². The first-order chi connectivity index (χ1) is 12.0. The molecule has 3 aromatic rings. The zero-order valence-corrected chi connectivity index (χ0v) is 12.8. The third-order valence-electron chi connectivity index (χ3n) is 3.72. The SMILES string of the molecule is N#C/C(=C\c1ccc(C(=O)O)cc1)C(=O)c1c[nH]c2cc(F)ccc12. The molecule has 3 rings (SSSR count). The van der Waals surface area contributed by atoms with E-state index in [0.29, 0.717) is 16.5 Å². The van der Waals surface area contributed by atoms with Gasteiger partial charge in [-0.1, -0.05) is 12.1 Å². The van der Waals surface area contributed by atoms with Gasteiger partial charge in [0.1, 0.15) is 17.5 Å². The van der Waals surface area contributed by atoms with Gasteiger partial charge in [-0.15, -0.1) is 0 Å². The second kappa shape index (κ2) is 6.42. The Kier molecular flexibility index (Phi) is 4.14. The van der Waals surface area contributed by atoms with E-state index in [0.717, 1.165) is 0 Å². The number of nitriles is 1. The Hall–Kier alpha value is -3.72. The average molecular weight is 334 g/mol. The van der Waals surface area contributed by atoms with E-state index in [9.17, 15) is 19.2 Å². The number of halogens is 1. The van der Waals surface area contributed by atoms with Crippen molar-refractivity contribution < 1.29 is 19.1 Å². The normalized spacial score (nSPS) is 11.3. The summed E-state index contributed by atoms with van der Waals surface area (Å²) < 4.78 is 13.2. The van der Waals surface area contributed by atoms with E-state index in [1.165, 1.54) is 54.7 Å². The number of ketones is 1. The fourth-order valence-corrected chi connectivity index (χ4v) is 2.47. The van der Waals surface area contributed by atoms with Crippen molar-refractivity contribution in [3.05, 3.63) is 76.7 Å². The van der Waals surface area contributed by atoms with Gasteiger partial charge in [0.15, 0.2) is 0 Å². The number of allylic oxidation sites excluding steroid dienone is 1. The van der Waals surface area contributed by atoms with Crippen LogP contribution in [0.25, 0.3) is 17.0 Å². The lowest BCUT2D eigenvalue weighted by atomic mass is 10.0. The maximum absolute atomic E-state index is 13.2. The number of carbonyl (C=O) groups excluding carboxylic acids is 1. The Morgan fingerprint density at radius 2 is 1.88 bits per heavy atom. The van der Waals surface area contributed by atoms with E-state index in [1.807, 2.05) is 6.07 Å². The second-order valence-corrected chi connectivity index (χ2v) is 5.32. The van der Waals surface area contributed by atoms with Crippen LogP contribution < -0.4 is 0 Å². The van der Waals surface area contributed by atoms with Crippen LogP contribution in [0.15, 0.2) is 54.2 Å². The highest BCUT2D eigenvalue weighted by atomic mass is 19.1. The first-order valence-corrected chi connectivity index (χ1v) is 7.26. The number of carboxylic acids is 1. The zero-order valence-electron chi connectivity index (χ0n) is 12.8. The summed E-state index contributed by atoms with van der Waals surface area (Å²) in [6, 6.07) is 11.7. The summed E-state index contributed by atoms with van der Waals surface area (Å²) in [5, 5.41) is 18.7. The summed E-state index contributed by atoms with van der Waals surface area (Å²) in [7, 11) is 0. The fraction of sp³-hybridized carbons (Fsp3) is 0. The van der Waals surface area contributed by atoms with Crippen molar-refractivity contribution in [2.75, 3.05) is 0 Å². The predicted molar refractivity (Wildman–Crippen MR) is 89.6 cm³/mol. The summed E-state index contributed by atoms with van der Waals surface area (Å²) >= 11 is 0. The minimum absolute atomic E-state index is 0.103. The minimum atomic E-state index is -1.06. The molecule has 25 heavy (non-hydrogen) atoms. The van der Waals surface area contributed by atoms with Crippen LogP contribution in [0.3, 0.4) is 0 Å². The maximum Gasteiger partial charge on any atom is 0.335 e. The van der Waals surface area contributed by atoms with Crippen molar-refractivity contribution in [3.8, 4) is 6.07 Å². The largest absolute Gasteiger partial charge is 0.478 e. The number of fused-ring (bicyclic) bond motifs is 1. The molecule has 5 nitrogen and oxygen atoms in total. The number of aromatic amines is 1. The van der Waals surface area contributed by atoms with Gasteiger partial charge in [-0.25, -0.2) is 9.18 Å². The van der Waals surface area contributed by atoms with Gasteiger partial charge in [-0.3, -0.25) is 4.79 Å². The molecule has 0 bridgehead atoms. The summed E-state index contributed by atoms with van der Waals surface area (Å²) in [6.07, 6.45) is 2.82. The van der Waals surface area contributed by atoms with Crippen molar-refractivity contribution in [2.24, 2.45) is 0 Å². The highest BCUT2D eigenvalue weighted by molar-refractivity contribution is 6.19. The molecule has 6 heteroatoms. The number of carbonyl (C=O) groups is 2. The maximum atomic E-state index is 13.2. The molecule has 0 atom stereocenters. The zero-order chi connectivity index (χ0) is 18.0. The predicted octanol–water partition coefficient (Wildman–Crippen LogP) is 3.80. The molecule has 0 aliphatic rings. The monoisotopic (exact) mass is 334 g/mol. The van der Waals surface area contributed by atoms with Gasteiger partial charge in [0.25, 0.3) is 0 Å². The number of hydrogen-bond donors (Lipinski definition) is 2. The number of carboxylic acid groups (broad SMARTS) is 1. The van der Waals surface area contributed by atoms with Crippen LogP contribution in [-0.2, 0) is 0 Å². The lowest BCUT2D eigenvalue weighted by Crippen LogP contribution is -2.01. The topological polar surface area (TPSA) is 93.9 Å². The van der Waals surface area contributed by atoms with Crippen molar-refractivity contribution in [2.45, 2.75) is 0 Å². The van der Waals surface area contributed by atoms with E-state index >= 15 is 0 Å². The lowest BCUT2D eigenvalue weighted by molar-refractivity contribution is 0.0696. The van der Waals surface area contributed by atoms with Gasteiger partial charge < -0.3 is 10.1 Å². The Balaban J connectivity index is 1.98. The van der Waals surface area contributed by atoms with Gasteiger partial charge in [-0.05, 0) is 42.0 Å². The van der Waals surface area contributed by atoms with Gasteiger partial charge in [0.2, 0.25) is 5.78 Å². The van der Waals surface area contributed by atoms with Crippen LogP contribution in [-0.4, -0.2) is 21.8 Å². The second-order valence-electron chi connectivity index (χ2n) is 5.32. The molecule has 2 aromatic carbocycles. The number of rotatable bonds is 4. The van der Waals surface area contributed by atoms with Crippen LogP contribution in [0.1, 0.15) is 26.3 Å². The first kappa shape index (κ1) is 16.1. The average Bonchev–Trinajstić information content (AvgIpc) is 3.02. The molecule has 0 saturated heterocycles. The number of aromatic carboxylic acids is 1. The molecule has 1 heterocycles. The highest BCUT2D eigenvalue weighted by Crippen LogP contribution is 2.22. The van der Waals surface area contributed by atoms with Crippen LogP contribution in [0.2, 0.25) is 0 Å². The molecule has 0 saturated carbocycles. The van der Waals surface area contributed by atoms with E-state index < -0.39 is 17.6 Å². The van der Waals surface area contributed by atoms with Gasteiger partial charge in [0, 0.05) is 22.7 Å². The molecule has 0 radical (unpaired) electrons. The number of Topliss-reactive ketones (excluding diaryl/α,β-unsaturated/α-hetero) is 1. The molecule has 122 valence electrons. The molecule has 0 spiro atoms. The molecule has 2 N–H and O–H groups in total. The summed E-state index contributed by atoms with van der Waals surface area (Å²) in [6.45, 7) is 0. The minimum Gasteiger partial charge on any atom is -0.478 e. The number of nitrogens with one attached hydrogen (secondary N) is 1. The molecule has 0 aliphatic heterocycles. The standard InChI is InChI=1S/C19H11FN2O3/c20-14-5-6-15-16(10-22-17(15)8-14)18(23)13(9-21)7-11-1-3-12(4-2-11)19(24)25/h1-8,10,22H,(H,24,25)/b13-7+. The third kappa shape index (κ3) is 3.16. The molecule has 0 aliphatic carbocycles. The van der Waals surface area contributed by atoms with Crippen LogP contribution >= 0.6 is 0 Å². The van der Waals surface area contributed by atoms with Gasteiger partial charge >= 0.3 is 5.97 Å². The number of nitrogens with zero attached hydrogens (tertiary/aromatic N) is 1.